The zero-order valence-corrected chi connectivity index (χ0v) is 23.3. The van der Waals surface area contributed by atoms with Gasteiger partial charge in [-0.15, -0.1) is 0 Å². The number of piperazine rings is 1. The highest BCUT2D eigenvalue weighted by Crippen LogP contribution is 2.34. The van der Waals surface area contributed by atoms with Gasteiger partial charge in [-0.1, -0.05) is 23.7 Å². The number of benzene rings is 2. The molecular weight excluding hydrogens is 518 g/mol. The van der Waals surface area contributed by atoms with Crippen LogP contribution in [0.3, 0.4) is 0 Å². The predicted molar refractivity (Wildman–Crippen MR) is 153 cm³/mol. The fourth-order valence-electron chi connectivity index (χ4n) is 4.78. The third-order valence-electron chi connectivity index (χ3n) is 7.02. The average Bonchev–Trinajstić information content (AvgIpc) is 3.24. The van der Waals surface area contributed by atoms with Crippen LogP contribution in [0.1, 0.15) is 22.3 Å². The van der Waals surface area contributed by atoms with Crippen molar-refractivity contribution in [3.8, 4) is 11.5 Å². The molecule has 0 bridgehead atoms. The van der Waals surface area contributed by atoms with E-state index < -0.39 is 0 Å². The van der Waals surface area contributed by atoms with E-state index in [1.807, 2.05) is 36.4 Å². The summed E-state index contributed by atoms with van der Waals surface area (Å²) in [6.45, 7) is 6.70. The molecule has 1 aromatic heterocycles. The van der Waals surface area contributed by atoms with E-state index in [4.69, 9.17) is 21.1 Å². The number of ether oxygens (including phenoxy) is 2. The SMILES string of the molecule is COc1cc(OCCCN2CCN(C)CC2)ccc1Nc1ncc(Cl)c(Nc2cccc3c2C(=O)N(C)C3)n1. The number of fused-ring (bicyclic) bond motifs is 1. The molecule has 2 N–H and O–H groups in total. The fourth-order valence-corrected chi connectivity index (χ4v) is 4.92. The van der Waals surface area contributed by atoms with E-state index in [-0.39, 0.29) is 5.91 Å². The Morgan fingerprint density at radius 3 is 2.67 bits per heavy atom. The Morgan fingerprint density at radius 2 is 1.87 bits per heavy atom. The van der Waals surface area contributed by atoms with Gasteiger partial charge >= 0.3 is 0 Å². The molecule has 1 amide bonds. The topological polar surface area (TPSA) is 95.1 Å². The fraction of sp³-hybridized carbons (Fsp3) is 0.393. The maximum atomic E-state index is 12.6. The summed E-state index contributed by atoms with van der Waals surface area (Å²) in [6, 6.07) is 11.3. The Hall–Kier alpha value is -3.60. The van der Waals surface area contributed by atoms with Crippen molar-refractivity contribution in [1.29, 1.82) is 0 Å². The highest BCUT2D eigenvalue weighted by molar-refractivity contribution is 6.33. The average molecular weight is 552 g/mol. The smallest absolute Gasteiger partial charge is 0.256 e. The number of methoxy groups -OCH3 is 1. The normalized spacial score (nSPS) is 15.8. The van der Waals surface area contributed by atoms with Crippen molar-refractivity contribution in [3.63, 3.8) is 0 Å². The third kappa shape index (κ3) is 6.35. The molecule has 5 rings (SSSR count). The number of carbonyl (C=O) groups excluding carboxylic acids is 1. The minimum Gasteiger partial charge on any atom is -0.494 e. The molecule has 0 aliphatic carbocycles. The molecule has 2 aliphatic heterocycles. The summed E-state index contributed by atoms with van der Waals surface area (Å²) in [5.74, 6) is 2.03. The number of halogens is 1. The second-order valence-electron chi connectivity index (χ2n) is 9.85. The van der Waals surface area contributed by atoms with Crippen LogP contribution >= 0.6 is 11.6 Å². The Bertz CT molecular complexity index is 1330. The number of amides is 1. The van der Waals surface area contributed by atoms with E-state index >= 15 is 0 Å². The monoisotopic (exact) mass is 551 g/mol. The van der Waals surface area contributed by atoms with Crippen LogP contribution in [0.4, 0.5) is 23.1 Å². The molecule has 3 heterocycles. The summed E-state index contributed by atoms with van der Waals surface area (Å²) < 4.78 is 11.6. The number of nitrogens with one attached hydrogen (secondary N) is 2. The first-order valence-corrected chi connectivity index (χ1v) is 13.4. The van der Waals surface area contributed by atoms with Crippen molar-refractivity contribution in [3.05, 3.63) is 58.7 Å². The van der Waals surface area contributed by atoms with Crippen LogP contribution < -0.4 is 20.1 Å². The van der Waals surface area contributed by atoms with E-state index in [2.05, 4.69) is 37.4 Å². The van der Waals surface area contributed by atoms with Gasteiger partial charge < -0.3 is 34.8 Å². The van der Waals surface area contributed by atoms with Crippen molar-refractivity contribution < 1.29 is 14.3 Å². The lowest BCUT2D eigenvalue weighted by molar-refractivity contribution is 0.0817. The molecule has 206 valence electrons. The van der Waals surface area contributed by atoms with Gasteiger partial charge in [0.1, 0.15) is 16.5 Å². The summed E-state index contributed by atoms with van der Waals surface area (Å²) in [5.41, 5.74) is 2.93. The molecule has 11 heteroatoms. The van der Waals surface area contributed by atoms with Crippen molar-refractivity contribution >= 4 is 40.6 Å². The number of nitrogens with zero attached hydrogens (tertiary/aromatic N) is 5. The number of hydrogen-bond acceptors (Lipinski definition) is 9. The molecule has 39 heavy (non-hydrogen) atoms. The number of hydrogen-bond donors (Lipinski definition) is 2. The summed E-state index contributed by atoms with van der Waals surface area (Å²) in [4.78, 5) is 28.0. The van der Waals surface area contributed by atoms with Gasteiger partial charge in [0, 0.05) is 52.4 Å². The zero-order valence-electron chi connectivity index (χ0n) is 22.5. The standard InChI is InChI=1S/C28H34ClN7O3/c1-34-11-13-36(14-12-34)10-5-15-39-20-8-9-22(24(16-20)38-3)32-28-30-17-21(29)26(33-28)31-23-7-4-6-19-18-35(2)27(37)25(19)23/h4,6-9,16-17H,5,10-15,18H2,1-3H3,(H2,30,31,32,33). The van der Waals surface area contributed by atoms with Gasteiger partial charge in [0.15, 0.2) is 5.82 Å². The van der Waals surface area contributed by atoms with E-state index in [0.29, 0.717) is 52.6 Å². The number of aromatic nitrogens is 2. The van der Waals surface area contributed by atoms with Crippen LogP contribution in [0.25, 0.3) is 0 Å². The maximum Gasteiger partial charge on any atom is 0.256 e. The lowest BCUT2D eigenvalue weighted by Crippen LogP contribution is -2.44. The van der Waals surface area contributed by atoms with Gasteiger partial charge in [-0.2, -0.15) is 4.98 Å². The molecule has 0 spiro atoms. The largest absolute Gasteiger partial charge is 0.494 e. The van der Waals surface area contributed by atoms with Crippen molar-refractivity contribution in [2.75, 3.05) is 71.2 Å². The first-order valence-electron chi connectivity index (χ1n) is 13.1. The zero-order chi connectivity index (χ0) is 27.4. The molecule has 1 saturated heterocycles. The van der Waals surface area contributed by atoms with Crippen molar-refractivity contribution in [2.24, 2.45) is 0 Å². The molecule has 3 aromatic rings. The van der Waals surface area contributed by atoms with Gasteiger partial charge in [-0.25, -0.2) is 4.98 Å². The van der Waals surface area contributed by atoms with Gasteiger partial charge in [-0.05, 0) is 37.2 Å². The van der Waals surface area contributed by atoms with E-state index in [1.165, 1.54) is 6.20 Å². The predicted octanol–water partition coefficient (Wildman–Crippen LogP) is 4.23. The van der Waals surface area contributed by atoms with Crippen LogP contribution in [0.15, 0.2) is 42.6 Å². The number of anilines is 4. The number of carbonyl (C=O) groups is 1. The number of rotatable bonds is 10. The first-order chi connectivity index (χ1) is 18.9. The Morgan fingerprint density at radius 1 is 1.05 bits per heavy atom. The molecule has 0 atom stereocenters. The van der Waals surface area contributed by atoms with Gasteiger partial charge in [-0.3, -0.25) is 4.79 Å². The molecule has 0 unspecified atom stereocenters. The Balaban J connectivity index is 1.22. The highest BCUT2D eigenvalue weighted by atomic mass is 35.5. The molecule has 0 radical (unpaired) electrons. The molecule has 2 aromatic carbocycles. The molecule has 2 aliphatic rings. The molecule has 0 saturated carbocycles. The quantitative estimate of drug-likeness (QED) is 0.359. The van der Waals surface area contributed by atoms with Crippen molar-refractivity contribution in [2.45, 2.75) is 13.0 Å². The first kappa shape index (κ1) is 27.0. The van der Waals surface area contributed by atoms with Crippen molar-refractivity contribution in [1.82, 2.24) is 24.7 Å². The summed E-state index contributed by atoms with van der Waals surface area (Å²) >= 11 is 6.40. The van der Waals surface area contributed by atoms with Crippen LogP contribution in [0.5, 0.6) is 11.5 Å². The third-order valence-corrected chi connectivity index (χ3v) is 7.30. The molecular formula is C28H34ClN7O3. The van der Waals surface area contributed by atoms with Gasteiger partial charge in [0.25, 0.3) is 5.91 Å². The minimum absolute atomic E-state index is 0.0389. The van der Waals surface area contributed by atoms with Crippen LogP contribution in [0, 0.1) is 0 Å². The van der Waals surface area contributed by atoms with Crippen LogP contribution in [0.2, 0.25) is 5.02 Å². The second-order valence-corrected chi connectivity index (χ2v) is 10.3. The minimum atomic E-state index is -0.0389. The number of likely N-dealkylation sites (N-methyl/N-ethyl adjacent to an activating group) is 1. The van der Waals surface area contributed by atoms with Crippen LogP contribution in [-0.4, -0.2) is 91.1 Å². The lowest BCUT2D eigenvalue weighted by atomic mass is 10.1. The Labute approximate surface area is 233 Å². The van der Waals surface area contributed by atoms with Crippen LogP contribution in [-0.2, 0) is 6.54 Å². The van der Waals surface area contributed by atoms with E-state index in [9.17, 15) is 4.79 Å². The van der Waals surface area contributed by atoms with Gasteiger partial charge in [0.05, 0.1) is 36.9 Å². The summed E-state index contributed by atoms with van der Waals surface area (Å²) in [7, 11) is 5.56. The molecule has 1 fully saturated rings. The van der Waals surface area contributed by atoms with E-state index in [1.54, 1.807) is 19.1 Å². The molecule has 10 nitrogen and oxygen atoms in total. The Kier molecular flexibility index (Phi) is 8.35. The maximum absolute atomic E-state index is 12.6. The summed E-state index contributed by atoms with van der Waals surface area (Å²) in [5, 5.41) is 6.75. The summed E-state index contributed by atoms with van der Waals surface area (Å²) in [6.07, 6.45) is 2.48. The second kappa shape index (κ2) is 12.1. The lowest BCUT2D eigenvalue weighted by Gasteiger charge is -2.32. The van der Waals surface area contributed by atoms with E-state index in [0.717, 1.165) is 50.5 Å². The highest BCUT2D eigenvalue weighted by Gasteiger charge is 2.27. The van der Waals surface area contributed by atoms with Gasteiger partial charge in [0.2, 0.25) is 5.95 Å².